The van der Waals surface area contributed by atoms with Crippen molar-refractivity contribution in [3.8, 4) is 11.1 Å². The Bertz CT molecular complexity index is 935. The Kier molecular flexibility index (Phi) is 4.30. The minimum Gasteiger partial charge on any atom is -0.618 e. The third-order valence-electron chi connectivity index (χ3n) is 5.18. The number of hydrogen-bond donors (Lipinski definition) is 2. The molecule has 2 aliphatic rings. The van der Waals surface area contributed by atoms with Gasteiger partial charge in [0.15, 0.2) is 11.9 Å². The molecule has 0 bridgehead atoms. The average Bonchev–Trinajstić information content (AvgIpc) is 3.53. The van der Waals surface area contributed by atoms with Crippen LogP contribution in [0.3, 0.4) is 0 Å². The number of aromatic nitrogens is 2. The maximum absolute atomic E-state index is 14.5. The van der Waals surface area contributed by atoms with Gasteiger partial charge in [-0.25, -0.2) is 4.98 Å². The largest absolute Gasteiger partial charge is 0.618 e. The summed E-state index contributed by atoms with van der Waals surface area (Å²) in [7, 11) is 0. The minimum atomic E-state index is -0.755. The van der Waals surface area contributed by atoms with Crippen LogP contribution in [0.1, 0.15) is 31.4 Å². The van der Waals surface area contributed by atoms with Gasteiger partial charge in [-0.2, -0.15) is 9.12 Å². The third-order valence-corrected chi connectivity index (χ3v) is 5.18. The van der Waals surface area contributed by atoms with Crippen LogP contribution in [0.5, 0.6) is 0 Å². The van der Waals surface area contributed by atoms with Gasteiger partial charge in [-0.3, -0.25) is 4.79 Å². The maximum atomic E-state index is 14.5. The molecule has 2 heterocycles. The van der Waals surface area contributed by atoms with Crippen LogP contribution in [-0.4, -0.2) is 10.9 Å². The number of allylic oxidation sites excluding steroid dienone is 1. The van der Waals surface area contributed by atoms with E-state index in [1.807, 2.05) is 0 Å². The normalized spacial score (nSPS) is 16.1. The fourth-order valence-corrected chi connectivity index (χ4v) is 3.43. The van der Waals surface area contributed by atoms with Crippen LogP contribution in [0, 0.1) is 29.9 Å². The molecule has 27 heavy (non-hydrogen) atoms. The first-order valence-corrected chi connectivity index (χ1v) is 9.12. The fourth-order valence-electron chi connectivity index (χ4n) is 3.43. The zero-order valence-corrected chi connectivity index (χ0v) is 15.0. The number of carbonyl (C=O) groups is 1. The van der Waals surface area contributed by atoms with Crippen molar-refractivity contribution in [3.63, 3.8) is 0 Å². The molecule has 0 saturated heterocycles. The van der Waals surface area contributed by atoms with Crippen LogP contribution in [-0.2, 0) is 4.79 Å². The van der Waals surface area contributed by atoms with Crippen LogP contribution in [0.2, 0.25) is 0 Å². The zero-order chi connectivity index (χ0) is 19.1. The van der Waals surface area contributed by atoms with Crippen LogP contribution in [0.15, 0.2) is 41.7 Å². The van der Waals surface area contributed by atoms with Crippen molar-refractivity contribution in [3.05, 3.63) is 58.6 Å². The van der Waals surface area contributed by atoms with E-state index in [0.29, 0.717) is 27.8 Å². The second-order valence-electron chi connectivity index (χ2n) is 7.24. The number of anilines is 1. The number of hydrogen-bond acceptors (Lipinski definition) is 4. The fraction of sp³-hybridized carbons (Fsp3) is 0.350. The Labute approximate surface area is 156 Å². The van der Waals surface area contributed by atoms with E-state index >= 15 is 0 Å². The lowest BCUT2D eigenvalue weighted by Gasteiger charge is -2.12. The number of nitrogens with two attached hydrogens (primary N) is 1. The molecule has 0 radical (unpaired) electrons. The molecule has 0 unspecified atom stereocenters. The second-order valence-corrected chi connectivity index (χ2v) is 7.24. The number of nitrogens with one attached hydrogen (secondary N) is 1. The quantitative estimate of drug-likeness (QED) is 0.367. The molecule has 1 amide bonds. The number of pyridine rings is 2. The van der Waals surface area contributed by atoms with Crippen molar-refractivity contribution >= 4 is 11.7 Å². The van der Waals surface area contributed by atoms with Gasteiger partial charge < -0.3 is 16.3 Å². The Balaban J connectivity index is 1.57. The summed E-state index contributed by atoms with van der Waals surface area (Å²) in [5.74, 6) is -0.241. The van der Waals surface area contributed by atoms with E-state index in [-0.39, 0.29) is 17.1 Å². The summed E-state index contributed by atoms with van der Waals surface area (Å²) >= 11 is 0. The molecular formula is C20H21FN4O2. The summed E-state index contributed by atoms with van der Waals surface area (Å²) in [5, 5.41) is 14.3. The lowest BCUT2D eigenvalue weighted by molar-refractivity contribution is -0.611. The van der Waals surface area contributed by atoms with Gasteiger partial charge in [-0.15, -0.1) is 0 Å². The van der Waals surface area contributed by atoms with Crippen molar-refractivity contribution in [2.75, 3.05) is 5.32 Å². The Hall–Kier alpha value is -2.96. The summed E-state index contributed by atoms with van der Waals surface area (Å²) in [6.45, 7) is 1.61. The highest BCUT2D eigenvalue weighted by molar-refractivity contribution is 6.03. The number of rotatable bonds is 5. The van der Waals surface area contributed by atoms with Crippen LogP contribution in [0.25, 0.3) is 11.1 Å². The molecular weight excluding hydrogens is 347 g/mol. The summed E-state index contributed by atoms with van der Waals surface area (Å²) in [6.07, 6.45) is 5.68. The molecule has 7 heteroatoms. The van der Waals surface area contributed by atoms with Gasteiger partial charge in [0, 0.05) is 18.6 Å². The molecule has 0 aromatic carbocycles. The SMILES string of the molecule is Cc1c(-c2ccc(NC(=O)C(N)=C(C3CC3)C3CC3)nc2F)ccc[n+]1[O-]. The minimum absolute atomic E-state index is 0.0960. The molecule has 3 N–H and O–H groups in total. The molecule has 6 nitrogen and oxygen atoms in total. The van der Waals surface area contributed by atoms with E-state index in [4.69, 9.17) is 5.73 Å². The van der Waals surface area contributed by atoms with E-state index in [9.17, 15) is 14.4 Å². The summed E-state index contributed by atoms with van der Waals surface area (Å²) < 4.78 is 15.2. The molecule has 4 rings (SSSR count). The number of halogens is 1. The Morgan fingerprint density at radius 3 is 2.48 bits per heavy atom. The molecule has 2 aromatic rings. The zero-order valence-electron chi connectivity index (χ0n) is 15.0. The highest BCUT2D eigenvalue weighted by Crippen LogP contribution is 2.49. The lowest BCUT2D eigenvalue weighted by atomic mass is 10.0. The predicted octanol–water partition coefficient (Wildman–Crippen LogP) is 2.80. The molecule has 0 atom stereocenters. The maximum Gasteiger partial charge on any atom is 0.272 e. The number of nitrogens with zero attached hydrogens (tertiary/aromatic N) is 2. The summed E-state index contributed by atoms with van der Waals surface area (Å²) in [4.78, 5) is 16.3. The van der Waals surface area contributed by atoms with E-state index in [0.717, 1.165) is 31.3 Å². The van der Waals surface area contributed by atoms with Gasteiger partial charge in [0.1, 0.15) is 5.82 Å². The lowest BCUT2D eigenvalue weighted by Crippen LogP contribution is -2.29. The van der Waals surface area contributed by atoms with Gasteiger partial charge in [-0.05, 0) is 61.3 Å². The van der Waals surface area contributed by atoms with Gasteiger partial charge in [0.25, 0.3) is 5.91 Å². The van der Waals surface area contributed by atoms with Crippen molar-refractivity contribution < 1.29 is 13.9 Å². The van der Waals surface area contributed by atoms with Crippen LogP contribution in [0.4, 0.5) is 10.2 Å². The molecule has 0 aliphatic heterocycles. The topological polar surface area (TPSA) is 95.0 Å². The Morgan fingerprint density at radius 2 is 1.89 bits per heavy atom. The number of carbonyl (C=O) groups excluding carboxylic acids is 1. The highest BCUT2D eigenvalue weighted by atomic mass is 19.1. The Morgan fingerprint density at radius 1 is 1.22 bits per heavy atom. The average molecular weight is 368 g/mol. The molecule has 2 aromatic heterocycles. The van der Waals surface area contributed by atoms with Crippen molar-refractivity contribution in [1.29, 1.82) is 0 Å². The standard InChI is InChI=1S/C20H21FN4O2/c1-11-14(3-2-10-25(11)27)15-8-9-16(23-19(15)21)24-20(26)18(22)17(12-4-5-12)13-6-7-13/h2-3,8-10,12-13H,4-7,22H2,1H3,(H,23,24,26). The molecule has 140 valence electrons. The van der Waals surface area contributed by atoms with E-state index in [2.05, 4.69) is 10.3 Å². The summed E-state index contributed by atoms with van der Waals surface area (Å²) in [6, 6.07) is 6.22. The molecule has 2 saturated carbocycles. The first-order valence-electron chi connectivity index (χ1n) is 9.12. The molecule has 2 aliphatic carbocycles. The first kappa shape index (κ1) is 17.5. The third kappa shape index (κ3) is 3.49. The van der Waals surface area contributed by atoms with Crippen LogP contribution < -0.4 is 15.8 Å². The van der Waals surface area contributed by atoms with Crippen LogP contribution >= 0.6 is 0 Å². The number of amides is 1. The molecule has 2 fully saturated rings. The van der Waals surface area contributed by atoms with Crippen molar-refractivity contribution in [2.24, 2.45) is 17.6 Å². The van der Waals surface area contributed by atoms with Gasteiger partial charge in [0.05, 0.1) is 11.3 Å². The van der Waals surface area contributed by atoms with Gasteiger partial charge in [0.2, 0.25) is 5.95 Å². The first-order chi connectivity index (χ1) is 13.0. The van der Waals surface area contributed by atoms with E-state index < -0.39 is 11.9 Å². The smallest absolute Gasteiger partial charge is 0.272 e. The van der Waals surface area contributed by atoms with Gasteiger partial charge >= 0.3 is 0 Å². The van der Waals surface area contributed by atoms with Gasteiger partial charge in [-0.1, -0.05) is 0 Å². The predicted molar refractivity (Wildman–Crippen MR) is 98.6 cm³/mol. The second kappa shape index (κ2) is 6.64. The van der Waals surface area contributed by atoms with Crippen molar-refractivity contribution in [2.45, 2.75) is 32.6 Å². The van der Waals surface area contributed by atoms with E-state index in [1.54, 1.807) is 19.1 Å². The van der Waals surface area contributed by atoms with E-state index in [1.165, 1.54) is 18.3 Å². The van der Waals surface area contributed by atoms with Crippen molar-refractivity contribution in [1.82, 2.24) is 4.98 Å². The molecule has 0 spiro atoms. The highest BCUT2D eigenvalue weighted by Gasteiger charge is 2.39. The monoisotopic (exact) mass is 368 g/mol. The summed E-state index contributed by atoms with van der Waals surface area (Å²) in [5.41, 5.74) is 8.44.